The zero-order valence-electron chi connectivity index (χ0n) is 42.7. The Morgan fingerprint density at radius 1 is 0.297 bits per heavy atom. The summed E-state index contributed by atoms with van der Waals surface area (Å²) in [4.78, 5) is 6.06. The maximum absolute atomic E-state index is 2.34. The first kappa shape index (κ1) is 49.6. The first-order valence-corrected chi connectivity index (χ1v) is 26.3. The van der Waals surface area contributed by atoms with Gasteiger partial charge in [-0.3, -0.25) is 0 Å². The fraction of sp³-hybridized carbons (Fsp3) is 0.400. The Hall–Kier alpha value is -3.80. The first-order chi connectivity index (χ1) is 29.6. The van der Waals surface area contributed by atoms with Gasteiger partial charge in [0.1, 0.15) is 0 Å². The Morgan fingerprint density at radius 2 is 0.641 bits per heavy atom. The molecule has 5 aromatic carbocycles. The Labute approximate surface area is 402 Å². The van der Waals surface area contributed by atoms with Gasteiger partial charge in [0.2, 0.25) is 0 Å². The zero-order valence-corrected chi connectivity index (χ0v) is 46.0. The van der Waals surface area contributed by atoms with Crippen LogP contribution in [0.3, 0.4) is 0 Å². The molecule has 0 amide bonds. The second-order valence-corrected chi connectivity index (χ2v) is 26.6. The van der Waals surface area contributed by atoms with Gasteiger partial charge in [0.15, 0.2) is 0 Å². The second-order valence-electron chi connectivity index (χ2n) is 22.4. The molecule has 4 heteroatoms. The van der Waals surface area contributed by atoms with E-state index in [4.69, 9.17) is 0 Å². The first-order valence-electron chi connectivity index (χ1n) is 23.0. The molecule has 338 valence electrons. The standard InChI is InChI=1S/C17H18S.C15H20S.2C14H18S/c1-11-14-9-12-7-5-6-8-13(12)10-15(14)18-16(11)17(2,3)4;1-9-7-12-11(3)14(15(4,5)6)16-13(12)8-10(9)2;1-9-6-7-12-11(8-9)10(2)13(15-12)14(3,4)5;1-9-6-7-11-10(2)13(14(3,4)5)15-12(11)8-9/h5-10H,1-4H3;7-8H,1-6H3;2*6-8H,1-5H3. The second kappa shape index (κ2) is 18.5. The Balaban J connectivity index is 0.000000142. The van der Waals surface area contributed by atoms with Crippen LogP contribution in [0.15, 0.2) is 84.9 Å². The van der Waals surface area contributed by atoms with Crippen molar-refractivity contribution in [2.75, 3.05) is 0 Å². The van der Waals surface area contributed by atoms with E-state index in [0.717, 1.165) is 0 Å². The highest BCUT2D eigenvalue weighted by molar-refractivity contribution is 7.20. The van der Waals surface area contributed by atoms with E-state index in [2.05, 4.69) is 223 Å². The lowest BCUT2D eigenvalue weighted by Gasteiger charge is -2.17. The van der Waals surface area contributed by atoms with E-state index >= 15 is 0 Å². The van der Waals surface area contributed by atoms with Crippen LogP contribution in [0.25, 0.3) is 51.1 Å². The molecule has 64 heavy (non-hydrogen) atoms. The molecule has 0 saturated heterocycles. The third-order valence-corrected chi connectivity index (χ3v) is 19.0. The number of hydrogen-bond donors (Lipinski definition) is 0. The molecular weight excluding hydrogens is 849 g/mol. The lowest BCUT2D eigenvalue weighted by molar-refractivity contribution is 0.600. The maximum atomic E-state index is 2.34. The summed E-state index contributed by atoms with van der Waals surface area (Å²) in [5, 5.41) is 8.40. The summed E-state index contributed by atoms with van der Waals surface area (Å²) < 4.78 is 5.70. The number of hydrogen-bond acceptors (Lipinski definition) is 4. The molecule has 0 unspecified atom stereocenters. The lowest BCUT2D eigenvalue weighted by Crippen LogP contribution is -2.09. The minimum atomic E-state index is 0.236. The molecule has 0 bridgehead atoms. The van der Waals surface area contributed by atoms with Crippen molar-refractivity contribution in [3.63, 3.8) is 0 Å². The van der Waals surface area contributed by atoms with Gasteiger partial charge < -0.3 is 0 Å². The molecule has 4 aromatic heterocycles. The van der Waals surface area contributed by atoms with Gasteiger partial charge in [-0.1, -0.05) is 143 Å². The average molecular weight is 924 g/mol. The van der Waals surface area contributed by atoms with Crippen LogP contribution >= 0.6 is 45.3 Å². The largest absolute Gasteiger partial charge is 0.139 e. The maximum Gasteiger partial charge on any atom is 0.0355 e. The van der Waals surface area contributed by atoms with Crippen molar-refractivity contribution < 1.29 is 0 Å². The molecule has 0 N–H and O–H groups in total. The predicted molar refractivity (Wildman–Crippen MR) is 298 cm³/mol. The van der Waals surface area contributed by atoms with Crippen molar-refractivity contribution in [2.24, 2.45) is 0 Å². The van der Waals surface area contributed by atoms with Crippen LogP contribution in [0, 0.1) is 55.4 Å². The SMILES string of the molecule is Cc1c(C(C)(C)C)sc2cc3ccccc3cc12.Cc1cc2sc(C(C)(C)C)c(C)c2cc1C.Cc1ccc2c(C)c(C(C)(C)C)sc2c1.Cc1ccc2sc(C(C)(C)C)c(C)c2c1. The lowest BCUT2D eigenvalue weighted by atomic mass is 9.91. The van der Waals surface area contributed by atoms with Crippen LogP contribution in [0.5, 0.6) is 0 Å². The summed E-state index contributed by atoms with van der Waals surface area (Å²) in [6, 6.07) is 31.5. The minimum Gasteiger partial charge on any atom is -0.139 e. The summed E-state index contributed by atoms with van der Waals surface area (Å²) in [6.07, 6.45) is 0. The van der Waals surface area contributed by atoms with E-state index in [1.807, 2.05) is 45.3 Å². The minimum absolute atomic E-state index is 0.236. The van der Waals surface area contributed by atoms with Crippen LogP contribution in [-0.2, 0) is 21.7 Å². The molecule has 4 heterocycles. The Morgan fingerprint density at radius 3 is 1.12 bits per heavy atom. The molecule has 9 rings (SSSR count). The van der Waals surface area contributed by atoms with E-state index in [-0.39, 0.29) is 21.7 Å². The van der Waals surface area contributed by atoms with Crippen molar-refractivity contribution in [3.8, 4) is 0 Å². The van der Waals surface area contributed by atoms with E-state index < -0.39 is 0 Å². The Kier molecular flexibility index (Phi) is 14.3. The van der Waals surface area contributed by atoms with Gasteiger partial charge in [-0.05, 0) is 179 Å². The summed E-state index contributed by atoms with van der Waals surface area (Å²) in [5.74, 6) is 0. The van der Waals surface area contributed by atoms with Gasteiger partial charge in [-0.15, -0.1) is 45.3 Å². The predicted octanol–water partition coefficient (Wildman–Crippen LogP) is 20.4. The van der Waals surface area contributed by atoms with Crippen LogP contribution < -0.4 is 0 Å². The normalized spacial score (nSPS) is 12.4. The number of aryl methyl sites for hydroxylation is 8. The van der Waals surface area contributed by atoms with E-state index in [1.165, 1.54) is 115 Å². The summed E-state index contributed by atoms with van der Waals surface area (Å²) in [7, 11) is 0. The summed E-state index contributed by atoms with van der Waals surface area (Å²) in [6.45, 7) is 45.2. The summed E-state index contributed by atoms with van der Waals surface area (Å²) in [5.41, 5.74) is 12.4. The quantitative estimate of drug-likeness (QED) is 0.142. The highest BCUT2D eigenvalue weighted by Crippen LogP contribution is 2.43. The van der Waals surface area contributed by atoms with Crippen molar-refractivity contribution in [1.29, 1.82) is 0 Å². The number of rotatable bonds is 0. The van der Waals surface area contributed by atoms with E-state index in [9.17, 15) is 0 Å². The highest BCUT2D eigenvalue weighted by atomic mass is 32.1. The van der Waals surface area contributed by atoms with Crippen molar-refractivity contribution in [3.05, 3.63) is 149 Å². The zero-order chi connectivity index (χ0) is 47.4. The van der Waals surface area contributed by atoms with Crippen molar-refractivity contribution in [1.82, 2.24) is 0 Å². The highest BCUT2D eigenvalue weighted by Gasteiger charge is 2.24. The van der Waals surface area contributed by atoms with Crippen molar-refractivity contribution in [2.45, 2.75) is 160 Å². The smallest absolute Gasteiger partial charge is 0.0355 e. The number of fused-ring (bicyclic) bond motifs is 5. The summed E-state index contributed by atoms with van der Waals surface area (Å²) >= 11 is 7.78. The van der Waals surface area contributed by atoms with Gasteiger partial charge in [-0.2, -0.15) is 0 Å². The topological polar surface area (TPSA) is 0 Å². The molecule has 0 aliphatic heterocycles. The Bertz CT molecular complexity index is 3090. The molecular formula is C60H74S4. The fourth-order valence-corrected chi connectivity index (χ4v) is 14.2. The molecule has 0 aliphatic carbocycles. The molecule has 0 saturated carbocycles. The molecule has 0 aliphatic rings. The third kappa shape index (κ3) is 10.7. The van der Waals surface area contributed by atoms with Gasteiger partial charge in [0, 0.05) is 38.3 Å². The van der Waals surface area contributed by atoms with Gasteiger partial charge in [0.05, 0.1) is 0 Å². The van der Waals surface area contributed by atoms with Crippen LogP contribution in [0.4, 0.5) is 0 Å². The van der Waals surface area contributed by atoms with Crippen LogP contribution in [-0.4, -0.2) is 0 Å². The molecule has 0 radical (unpaired) electrons. The third-order valence-electron chi connectivity index (χ3n) is 12.3. The van der Waals surface area contributed by atoms with Crippen LogP contribution in [0.2, 0.25) is 0 Å². The monoisotopic (exact) mass is 922 g/mol. The van der Waals surface area contributed by atoms with Gasteiger partial charge in [-0.25, -0.2) is 0 Å². The number of benzene rings is 5. The van der Waals surface area contributed by atoms with Gasteiger partial charge >= 0.3 is 0 Å². The number of thiophene rings is 4. The van der Waals surface area contributed by atoms with E-state index in [1.54, 1.807) is 0 Å². The van der Waals surface area contributed by atoms with Gasteiger partial charge in [0.25, 0.3) is 0 Å². The molecule has 0 fully saturated rings. The van der Waals surface area contributed by atoms with E-state index in [0.29, 0.717) is 0 Å². The average Bonchev–Trinajstić information content (AvgIpc) is 3.91. The molecule has 0 atom stereocenters. The van der Waals surface area contributed by atoms with Crippen LogP contribution in [0.1, 0.15) is 147 Å². The van der Waals surface area contributed by atoms with Crippen molar-refractivity contribution >= 4 is 96.5 Å². The molecule has 0 spiro atoms. The molecule has 0 nitrogen and oxygen atoms in total. The molecule has 9 aromatic rings. The fourth-order valence-electron chi connectivity index (χ4n) is 8.91.